The molecule has 1 aromatic carbocycles. The van der Waals surface area contributed by atoms with Crippen molar-refractivity contribution in [1.29, 1.82) is 0 Å². The van der Waals surface area contributed by atoms with Crippen molar-refractivity contribution in [2.24, 2.45) is 5.92 Å². The van der Waals surface area contributed by atoms with Gasteiger partial charge in [0.05, 0.1) is 17.4 Å². The third-order valence-electron chi connectivity index (χ3n) is 3.97. The summed E-state index contributed by atoms with van der Waals surface area (Å²) in [5.41, 5.74) is 2.80. The molecule has 0 saturated carbocycles. The second-order valence-corrected chi connectivity index (χ2v) is 5.56. The van der Waals surface area contributed by atoms with Crippen LogP contribution in [0, 0.1) is 5.92 Å². The lowest BCUT2D eigenvalue weighted by Gasteiger charge is -2.30. The maximum atomic E-state index is 11.5. The smallest absolute Gasteiger partial charge is 0.411 e. The van der Waals surface area contributed by atoms with Gasteiger partial charge in [0.15, 0.2) is 0 Å². The van der Waals surface area contributed by atoms with E-state index in [1.165, 1.54) is 4.90 Å². The first kappa shape index (κ1) is 13.7. The van der Waals surface area contributed by atoms with E-state index in [1.807, 2.05) is 35.2 Å². The van der Waals surface area contributed by atoms with Crippen LogP contribution in [-0.4, -0.2) is 32.4 Å². The summed E-state index contributed by atoms with van der Waals surface area (Å²) in [6, 6.07) is 6.01. The normalized spacial score (nSPS) is 18.9. The summed E-state index contributed by atoms with van der Waals surface area (Å²) in [5, 5.41) is 14.8. The van der Waals surface area contributed by atoms with Crippen LogP contribution in [0.3, 0.4) is 0 Å². The second-order valence-electron chi connectivity index (χ2n) is 5.56. The molecule has 1 aliphatic rings. The molecule has 110 valence electrons. The molecule has 1 amide bonds. The Hall–Kier alpha value is -2.30. The number of amides is 1. The Labute approximate surface area is 123 Å². The van der Waals surface area contributed by atoms with Crippen LogP contribution in [0.4, 0.5) is 4.79 Å². The summed E-state index contributed by atoms with van der Waals surface area (Å²) in [5.74, 6) is 0.358. The summed E-state index contributed by atoms with van der Waals surface area (Å²) in [7, 11) is 0. The van der Waals surface area contributed by atoms with E-state index in [1.54, 1.807) is 0 Å². The number of nitrogens with zero attached hydrogens (tertiary/aromatic N) is 3. The summed E-state index contributed by atoms with van der Waals surface area (Å²) in [6.07, 6.45) is 3.87. The molecule has 5 nitrogen and oxygen atoms in total. The summed E-state index contributed by atoms with van der Waals surface area (Å²) in [4.78, 5) is 12.9. The van der Waals surface area contributed by atoms with Gasteiger partial charge in [0.2, 0.25) is 0 Å². The molecule has 2 heterocycles. The Bertz CT molecular complexity index is 717. The lowest BCUT2D eigenvalue weighted by molar-refractivity contribution is 0.159. The van der Waals surface area contributed by atoms with Crippen molar-refractivity contribution in [2.45, 2.75) is 26.8 Å². The molecule has 2 aromatic rings. The Morgan fingerprint density at radius 2 is 2.29 bits per heavy atom. The molecule has 0 bridgehead atoms. The fraction of sp³-hybridized carbons (Fsp3) is 0.375. The largest absolute Gasteiger partial charge is 0.465 e. The number of hydrogen-bond acceptors (Lipinski definition) is 2. The molecular weight excluding hydrogens is 266 g/mol. The molecule has 0 saturated heterocycles. The quantitative estimate of drug-likeness (QED) is 0.919. The minimum absolute atomic E-state index is 0.358. The minimum atomic E-state index is -0.892. The van der Waals surface area contributed by atoms with Crippen LogP contribution < -0.4 is 0 Å². The monoisotopic (exact) mass is 285 g/mol. The van der Waals surface area contributed by atoms with Crippen molar-refractivity contribution in [3.63, 3.8) is 0 Å². The van der Waals surface area contributed by atoms with Crippen LogP contribution in [0.5, 0.6) is 0 Å². The molecule has 3 rings (SSSR count). The van der Waals surface area contributed by atoms with Crippen molar-refractivity contribution in [3.05, 3.63) is 36.0 Å². The summed E-state index contributed by atoms with van der Waals surface area (Å²) >= 11 is 0. The van der Waals surface area contributed by atoms with Crippen molar-refractivity contribution < 1.29 is 9.90 Å². The Morgan fingerprint density at radius 3 is 3.00 bits per heavy atom. The standard InChI is InChI=1S/C16H19N3O2/c1-3-19-15-7-5-12(8-13(15)9-17-19)14-6-4-11(2)10-18(14)16(20)21/h5-9,11H,3-4,10H2,1-2H3,(H,20,21)/t11-/m0/s1. The molecule has 1 N–H and O–H groups in total. The lowest BCUT2D eigenvalue weighted by Crippen LogP contribution is -2.34. The highest BCUT2D eigenvalue weighted by Crippen LogP contribution is 2.29. The van der Waals surface area contributed by atoms with Gasteiger partial charge in [-0.2, -0.15) is 5.10 Å². The van der Waals surface area contributed by atoms with Gasteiger partial charge in [0.1, 0.15) is 0 Å². The highest BCUT2D eigenvalue weighted by Gasteiger charge is 2.24. The lowest BCUT2D eigenvalue weighted by atomic mass is 9.98. The Kier molecular flexibility index (Phi) is 3.41. The number of carboxylic acid groups (broad SMARTS) is 1. The highest BCUT2D eigenvalue weighted by atomic mass is 16.4. The molecule has 5 heteroatoms. The molecule has 0 unspecified atom stereocenters. The van der Waals surface area contributed by atoms with E-state index in [-0.39, 0.29) is 0 Å². The Balaban J connectivity index is 2.04. The number of benzene rings is 1. The molecule has 1 aliphatic heterocycles. The van der Waals surface area contributed by atoms with Gasteiger partial charge in [0.25, 0.3) is 0 Å². The Morgan fingerprint density at radius 1 is 1.48 bits per heavy atom. The minimum Gasteiger partial charge on any atom is -0.465 e. The first-order valence-corrected chi connectivity index (χ1v) is 7.26. The van der Waals surface area contributed by atoms with Crippen LogP contribution in [-0.2, 0) is 6.54 Å². The molecule has 1 aromatic heterocycles. The molecular formula is C16H19N3O2. The average Bonchev–Trinajstić information content (AvgIpc) is 2.89. The maximum absolute atomic E-state index is 11.5. The van der Waals surface area contributed by atoms with Gasteiger partial charge in [-0.1, -0.05) is 19.1 Å². The van der Waals surface area contributed by atoms with E-state index < -0.39 is 6.09 Å². The third kappa shape index (κ3) is 2.39. The molecule has 0 radical (unpaired) electrons. The zero-order chi connectivity index (χ0) is 15.0. The van der Waals surface area contributed by atoms with Gasteiger partial charge in [-0.25, -0.2) is 4.79 Å². The number of allylic oxidation sites excluding steroid dienone is 1. The number of rotatable bonds is 2. The zero-order valence-corrected chi connectivity index (χ0v) is 12.3. The summed E-state index contributed by atoms with van der Waals surface area (Å²) < 4.78 is 1.94. The van der Waals surface area contributed by atoms with Crippen LogP contribution in [0.25, 0.3) is 16.6 Å². The van der Waals surface area contributed by atoms with E-state index in [9.17, 15) is 9.90 Å². The summed E-state index contributed by atoms with van der Waals surface area (Å²) in [6.45, 7) is 5.49. The zero-order valence-electron chi connectivity index (χ0n) is 12.3. The number of aryl methyl sites for hydroxylation is 1. The van der Waals surface area contributed by atoms with Crippen LogP contribution in [0.2, 0.25) is 0 Å². The number of fused-ring (bicyclic) bond motifs is 1. The van der Waals surface area contributed by atoms with Crippen LogP contribution in [0.1, 0.15) is 25.8 Å². The van der Waals surface area contributed by atoms with Gasteiger partial charge in [-0.05, 0) is 37.0 Å². The second kappa shape index (κ2) is 5.24. The molecule has 21 heavy (non-hydrogen) atoms. The number of hydrogen-bond donors (Lipinski definition) is 1. The van der Waals surface area contributed by atoms with Crippen molar-refractivity contribution in [3.8, 4) is 0 Å². The SMILES string of the molecule is CCn1ncc2cc(C3=CC[C@H](C)CN3C(=O)O)ccc21. The first-order valence-electron chi connectivity index (χ1n) is 7.26. The van der Waals surface area contributed by atoms with Crippen LogP contribution >= 0.6 is 0 Å². The predicted octanol–water partition coefficient (Wildman–Crippen LogP) is 3.42. The topological polar surface area (TPSA) is 58.4 Å². The predicted molar refractivity (Wildman–Crippen MR) is 81.9 cm³/mol. The first-order chi connectivity index (χ1) is 10.1. The van der Waals surface area contributed by atoms with Crippen LogP contribution in [0.15, 0.2) is 30.5 Å². The maximum Gasteiger partial charge on any atom is 0.411 e. The fourth-order valence-corrected chi connectivity index (χ4v) is 2.86. The molecule has 0 aliphatic carbocycles. The average molecular weight is 285 g/mol. The van der Waals surface area contributed by atoms with Crippen molar-refractivity contribution in [1.82, 2.24) is 14.7 Å². The number of carbonyl (C=O) groups is 1. The third-order valence-corrected chi connectivity index (χ3v) is 3.97. The van der Waals surface area contributed by atoms with E-state index in [4.69, 9.17) is 0 Å². The van der Waals surface area contributed by atoms with Gasteiger partial charge in [0, 0.05) is 18.5 Å². The molecule has 0 spiro atoms. The van der Waals surface area contributed by atoms with Gasteiger partial charge < -0.3 is 5.11 Å². The van der Waals surface area contributed by atoms with E-state index in [0.29, 0.717) is 12.5 Å². The number of aromatic nitrogens is 2. The molecule has 1 atom stereocenters. The van der Waals surface area contributed by atoms with Gasteiger partial charge >= 0.3 is 6.09 Å². The van der Waals surface area contributed by atoms with Gasteiger partial charge in [-0.15, -0.1) is 0 Å². The van der Waals surface area contributed by atoms with E-state index in [0.717, 1.165) is 35.1 Å². The fourth-order valence-electron chi connectivity index (χ4n) is 2.86. The van der Waals surface area contributed by atoms with E-state index in [2.05, 4.69) is 18.9 Å². The van der Waals surface area contributed by atoms with Crippen molar-refractivity contribution in [2.75, 3.05) is 6.54 Å². The van der Waals surface area contributed by atoms with Gasteiger partial charge in [-0.3, -0.25) is 9.58 Å². The van der Waals surface area contributed by atoms with E-state index >= 15 is 0 Å². The van der Waals surface area contributed by atoms with Crippen molar-refractivity contribution >= 4 is 22.7 Å². The molecule has 0 fully saturated rings. The highest BCUT2D eigenvalue weighted by molar-refractivity contribution is 5.87.